The highest BCUT2D eigenvalue weighted by atomic mass is 16.5. The third-order valence-corrected chi connectivity index (χ3v) is 2.11. The highest BCUT2D eigenvalue weighted by Crippen LogP contribution is 2.12. The van der Waals surface area contributed by atoms with Gasteiger partial charge in [0.1, 0.15) is 5.75 Å². The summed E-state index contributed by atoms with van der Waals surface area (Å²) in [6, 6.07) is 9.34. The topological polar surface area (TPSA) is 38.3 Å². The Morgan fingerprint density at radius 3 is 2.75 bits per heavy atom. The second kappa shape index (κ2) is 6.67. The van der Waals surface area contributed by atoms with Crippen LogP contribution in [0.3, 0.4) is 0 Å². The van der Waals surface area contributed by atoms with Gasteiger partial charge in [-0.2, -0.15) is 0 Å². The smallest absolute Gasteiger partial charge is 0.261 e. The predicted molar refractivity (Wildman–Crippen MR) is 64.4 cm³/mol. The van der Waals surface area contributed by atoms with E-state index in [9.17, 15) is 4.79 Å². The molecule has 0 aliphatic rings. The summed E-state index contributed by atoms with van der Waals surface area (Å²) < 4.78 is 5.58. The molecule has 16 heavy (non-hydrogen) atoms. The molecule has 0 aliphatic heterocycles. The van der Waals surface area contributed by atoms with E-state index in [2.05, 4.69) is 11.9 Å². The van der Waals surface area contributed by atoms with Crippen LogP contribution < -0.4 is 10.1 Å². The SMILES string of the molecule is C=CCNC(=O)[C@H](CC)Oc1ccccc1. The van der Waals surface area contributed by atoms with Gasteiger partial charge >= 0.3 is 0 Å². The number of hydrogen-bond donors (Lipinski definition) is 1. The minimum atomic E-state index is -0.442. The van der Waals surface area contributed by atoms with Gasteiger partial charge in [0.25, 0.3) is 5.91 Å². The Balaban J connectivity index is 2.55. The summed E-state index contributed by atoms with van der Waals surface area (Å²) in [5.74, 6) is 0.606. The van der Waals surface area contributed by atoms with E-state index in [1.54, 1.807) is 6.08 Å². The number of hydrogen-bond acceptors (Lipinski definition) is 2. The zero-order chi connectivity index (χ0) is 11.8. The number of nitrogens with one attached hydrogen (secondary N) is 1. The molecule has 0 heterocycles. The van der Waals surface area contributed by atoms with Crippen molar-refractivity contribution in [3.8, 4) is 5.75 Å². The molecule has 0 aliphatic carbocycles. The van der Waals surface area contributed by atoms with Gasteiger partial charge in [-0.25, -0.2) is 0 Å². The molecule has 1 aromatic rings. The fraction of sp³-hybridized carbons (Fsp3) is 0.308. The van der Waals surface area contributed by atoms with Gasteiger partial charge in [0.05, 0.1) is 0 Å². The largest absolute Gasteiger partial charge is 0.481 e. The highest BCUT2D eigenvalue weighted by molar-refractivity contribution is 5.81. The maximum atomic E-state index is 11.7. The maximum Gasteiger partial charge on any atom is 0.261 e. The van der Waals surface area contributed by atoms with Crippen LogP contribution in [0.15, 0.2) is 43.0 Å². The molecule has 1 N–H and O–H groups in total. The Hall–Kier alpha value is -1.77. The van der Waals surface area contributed by atoms with Crippen molar-refractivity contribution in [1.29, 1.82) is 0 Å². The van der Waals surface area contributed by atoms with E-state index in [0.717, 1.165) is 0 Å². The van der Waals surface area contributed by atoms with Gasteiger partial charge in [0.2, 0.25) is 0 Å². The Bertz CT molecular complexity index is 335. The van der Waals surface area contributed by atoms with Gasteiger partial charge in [-0.1, -0.05) is 31.2 Å². The van der Waals surface area contributed by atoms with Crippen LogP contribution in [-0.2, 0) is 4.79 Å². The Labute approximate surface area is 96.1 Å². The van der Waals surface area contributed by atoms with Crippen molar-refractivity contribution in [3.05, 3.63) is 43.0 Å². The first-order chi connectivity index (χ1) is 7.77. The molecular weight excluding hydrogens is 202 g/mol. The molecule has 0 saturated heterocycles. The zero-order valence-corrected chi connectivity index (χ0v) is 9.48. The lowest BCUT2D eigenvalue weighted by atomic mass is 10.2. The van der Waals surface area contributed by atoms with Crippen molar-refractivity contribution < 1.29 is 9.53 Å². The lowest BCUT2D eigenvalue weighted by Crippen LogP contribution is -2.37. The third-order valence-electron chi connectivity index (χ3n) is 2.11. The molecule has 1 atom stereocenters. The van der Waals surface area contributed by atoms with Crippen LogP contribution in [0, 0.1) is 0 Å². The first-order valence-corrected chi connectivity index (χ1v) is 5.38. The molecular formula is C13H17NO2. The number of ether oxygens (including phenoxy) is 1. The first-order valence-electron chi connectivity index (χ1n) is 5.38. The molecule has 0 spiro atoms. The molecule has 0 bridgehead atoms. The molecule has 86 valence electrons. The average molecular weight is 219 g/mol. The van der Waals surface area contributed by atoms with E-state index < -0.39 is 6.10 Å². The van der Waals surface area contributed by atoms with Crippen molar-refractivity contribution in [2.24, 2.45) is 0 Å². The number of carbonyl (C=O) groups excluding carboxylic acids is 1. The molecule has 1 aromatic carbocycles. The average Bonchev–Trinajstić information content (AvgIpc) is 2.34. The standard InChI is InChI=1S/C13H17NO2/c1-3-10-14-13(15)12(4-2)16-11-8-6-5-7-9-11/h3,5-9,12H,1,4,10H2,2H3,(H,14,15)/t12-/m0/s1. The van der Waals surface area contributed by atoms with Crippen LogP contribution in [0.5, 0.6) is 5.75 Å². The lowest BCUT2D eigenvalue weighted by molar-refractivity contribution is -0.127. The van der Waals surface area contributed by atoms with Crippen LogP contribution in [0.1, 0.15) is 13.3 Å². The summed E-state index contributed by atoms with van der Waals surface area (Å²) in [6.45, 7) is 5.93. The van der Waals surface area contributed by atoms with Gasteiger partial charge in [0, 0.05) is 6.54 Å². The number of benzene rings is 1. The van der Waals surface area contributed by atoms with Crippen molar-refractivity contribution in [3.63, 3.8) is 0 Å². The fourth-order valence-corrected chi connectivity index (χ4v) is 1.27. The lowest BCUT2D eigenvalue weighted by Gasteiger charge is -2.16. The van der Waals surface area contributed by atoms with Gasteiger partial charge in [0.15, 0.2) is 6.10 Å². The Morgan fingerprint density at radius 2 is 2.19 bits per heavy atom. The quantitative estimate of drug-likeness (QED) is 0.744. The second-order valence-electron chi connectivity index (χ2n) is 3.36. The molecule has 1 rings (SSSR count). The third kappa shape index (κ3) is 3.77. The molecule has 0 fully saturated rings. The van der Waals surface area contributed by atoms with Crippen LogP contribution in [0.4, 0.5) is 0 Å². The van der Waals surface area contributed by atoms with Crippen molar-refractivity contribution in [2.75, 3.05) is 6.54 Å². The van der Waals surface area contributed by atoms with Crippen molar-refractivity contribution in [2.45, 2.75) is 19.4 Å². The first kappa shape index (κ1) is 12.3. The van der Waals surface area contributed by atoms with E-state index in [4.69, 9.17) is 4.74 Å². The summed E-state index contributed by atoms with van der Waals surface area (Å²) in [7, 11) is 0. The van der Waals surface area contributed by atoms with Gasteiger partial charge in [-0.15, -0.1) is 6.58 Å². The predicted octanol–water partition coefficient (Wildman–Crippen LogP) is 2.15. The summed E-state index contributed by atoms with van der Waals surface area (Å²) >= 11 is 0. The van der Waals surface area contributed by atoms with Crippen molar-refractivity contribution >= 4 is 5.91 Å². The van der Waals surface area contributed by atoms with Crippen LogP contribution in [0.25, 0.3) is 0 Å². The van der Waals surface area contributed by atoms with Gasteiger partial charge in [-0.05, 0) is 18.6 Å². The van der Waals surface area contributed by atoms with Crippen molar-refractivity contribution in [1.82, 2.24) is 5.32 Å². The van der Waals surface area contributed by atoms with E-state index in [-0.39, 0.29) is 5.91 Å². The van der Waals surface area contributed by atoms with E-state index in [1.807, 2.05) is 37.3 Å². The summed E-state index contributed by atoms with van der Waals surface area (Å²) in [5.41, 5.74) is 0. The molecule has 0 radical (unpaired) electrons. The molecule has 3 nitrogen and oxygen atoms in total. The van der Waals surface area contributed by atoms with E-state index >= 15 is 0 Å². The molecule has 0 aromatic heterocycles. The van der Waals surface area contributed by atoms with Gasteiger partial charge < -0.3 is 10.1 Å². The fourth-order valence-electron chi connectivity index (χ4n) is 1.27. The monoisotopic (exact) mass is 219 g/mol. The highest BCUT2D eigenvalue weighted by Gasteiger charge is 2.16. The molecule has 3 heteroatoms. The molecule has 1 amide bonds. The van der Waals surface area contributed by atoms with E-state index in [0.29, 0.717) is 18.7 Å². The van der Waals surface area contributed by atoms with E-state index in [1.165, 1.54) is 0 Å². The summed E-state index contributed by atoms with van der Waals surface area (Å²) in [6.07, 6.45) is 1.84. The number of rotatable bonds is 6. The minimum Gasteiger partial charge on any atom is -0.481 e. The Kier molecular flexibility index (Phi) is 5.12. The zero-order valence-electron chi connectivity index (χ0n) is 9.48. The van der Waals surface area contributed by atoms with Crippen LogP contribution in [-0.4, -0.2) is 18.6 Å². The molecule has 0 saturated carbocycles. The number of carbonyl (C=O) groups is 1. The van der Waals surface area contributed by atoms with Crippen LogP contribution >= 0.6 is 0 Å². The summed E-state index contributed by atoms with van der Waals surface area (Å²) in [5, 5.41) is 2.72. The van der Waals surface area contributed by atoms with Gasteiger partial charge in [-0.3, -0.25) is 4.79 Å². The number of amides is 1. The maximum absolute atomic E-state index is 11.7. The molecule has 0 unspecified atom stereocenters. The number of para-hydroxylation sites is 1. The summed E-state index contributed by atoms with van der Waals surface area (Å²) in [4.78, 5) is 11.7. The normalized spacial score (nSPS) is 11.6. The minimum absolute atomic E-state index is 0.105. The second-order valence-corrected chi connectivity index (χ2v) is 3.36. The Morgan fingerprint density at radius 1 is 1.50 bits per heavy atom. The van der Waals surface area contributed by atoms with Crippen LogP contribution in [0.2, 0.25) is 0 Å².